The highest BCUT2D eigenvalue weighted by Crippen LogP contribution is 2.34. The highest BCUT2D eigenvalue weighted by atomic mass is 16.6. The van der Waals surface area contributed by atoms with Gasteiger partial charge < -0.3 is 10.2 Å². The predicted octanol–water partition coefficient (Wildman–Crippen LogP) is 2.30. The van der Waals surface area contributed by atoms with Gasteiger partial charge in [0, 0.05) is 19.6 Å². The number of nitro groups is 1. The largest absolute Gasteiger partial charge is 0.364 e. The molecule has 0 saturated carbocycles. The Labute approximate surface area is 118 Å². The summed E-state index contributed by atoms with van der Waals surface area (Å²) in [5, 5.41) is 14.3. The molecule has 7 heteroatoms. The number of nitrogens with one attached hydrogen (secondary N) is 1. The van der Waals surface area contributed by atoms with Gasteiger partial charge in [-0.1, -0.05) is 13.8 Å². The number of hydrogen-bond acceptors (Lipinski definition) is 6. The van der Waals surface area contributed by atoms with Crippen LogP contribution >= 0.6 is 0 Å². The lowest BCUT2D eigenvalue weighted by atomic mass is 9.92. The Bertz CT molecular complexity index is 484. The third-order valence-corrected chi connectivity index (χ3v) is 3.50. The molecular weight excluding hydrogens is 258 g/mol. The molecule has 1 aromatic rings. The smallest absolute Gasteiger partial charge is 0.353 e. The third-order valence-electron chi connectivity index (χ3n) is 3.50. The summed E-state index contributed by atoms with van der Waals surface area (Å²) >= 11 is 0. The van der Waals surface area contributed by atoms with E-state index in [0.717, 1.165) is 19.5 Å². The molecule has 2 atom stereocenters. The average molecular weight is 279 g/mol. The van der Waals surface area contributed by atoms with E-state index in [1.807, 2.05) is 11.8 Å². The van der Waals surface area contributed by atoms with Gasteiger partial charge in [0.25, 0.3) is 0 Å². The number of nitrogens with zero attached hydrogens (tertiary/aromatic N) is 4. The van der Waals surface area contributed by atoms with Crippen LogP contribution in [0.2, 0.25) is 0 Å². The molecule has 1 aromatic heterocycles. The molecule has 0 spiro atoms. The molecule has 20 heavy (non-hydrogen) atoms. The van der Waals surface area contributed by atoms with E-state index in [2.05, 4.69) is 29.1 Å². The summed E-state index contributed by atoms with van der Waals surface area (Å²) in [5.74, 6) is 1.75. The van der Waals surface area contributed by atoms with Crippen LogP contribution in [0.1, 0.15) is 27.2 Å². The zero-order valence-electron chi connectivity index (χ0n) is 12.2. The SMILES string of the molecule is CCNc1ncnc(N2CC(C)CC(C)C2)c1[N+](=O)[O-]. The number of aromatic nitrogens is 2. The fourth-order valence-electron chi connectivity index (χ4n) is 2.90. The van der Waals surface area contributed by atoms with E-state index in [9.17, 15) is 10.1 Å². The molecule has 7 nitrogen and oxygen atoms in total. The Kier molecular flexibility index (Phi) is 4.36. The van der Waals surface area contributed by atoms with Crippen molar-refractivity contribution in [1.82, 2.24) is 9.97 Å². The molecule has 1 aliphatic rings. The zero-order valence-corrected chi connectivity index (χ0v) is 12.2. The minimum atomic E-state index is -0.392. The molecule has 2 unspecified atom stereocenters. The molecule has 2 rings (SSSR count). The quantitative estimate of drug-likeness (QED) is 0.672. The Morgan fingerprint density at radius 2 is 2.05 bits per heavy atom. The normalized spacial score (nSPS) is 22.6. The summed E-state index contributed by atoms with van der Waals surface area (Å²) in [5.41, 5.74) is -0.0179. The highest BCUT2D eigenvalue weighted by Gasteiger charge is 2.31. The average Bonchev–Trinajstić information content (AvgIpc) is 2.37. The third kappa shape index (κ3) is 2.97. The lowest BCUT2D eigenvalue weighted by Gasteiger charge is -2.35. The molecule has 1 aliphatic heterocycles. The van der Waals surface area contributed by atoms with Gasteiger partial charge in [0.1, 0.15) is 6.33 Å². The van der Waals surface area contributed by atoms with Crippen molar-refractivity contribution in [3.05, 3.63) is 16.4 Å². The van der Waals surface area contributed by atoms with E-state index in [-0.39, 0.29) is 5.69 Å². The second kappa shape index (κ2) is 6.02. The molecular formula is C13H21N5O2. The van der Waals surface area contributed by atoms with E-state index < -0.39 is 4.92 Å². The second-order valence-electron chi connectivity index (χ2n) is 5.53. The summed E-state index contributed by atoms with van der Waals surface area (Å²) in [6.07, 6.45) is 2.54. The Balaban J connectivity index is 2.39. The van der Waals surface area contributed by atoms with Crippen LogP contribution in [0.15, 0.2) is 6.33 Å². The van der Waals surface area contributed by atoms with Crippen LogP contribution in [0.4, 0.5) is 17.3 Å². The van der Waals surface area contributed by atoms with Crippen molar-refractivity contribution < 1.29 is 4.92 Å². The number of hydrogen-bond donors (Lipinski definition) is 1. The summed E-state index contributed by atoms with van der Waals surface area (Å²) < 4.78 is 0. The van der Waals surface area contributed by atoms with Gasteiger partial charge in [-0.05, 0) is 25.2 Å². The molecule has 0 bridgehead atoms. The van der Waals surface area contributed by atoms with Gasteiger partial charge in [0.05, 0.1) is 4.92 Å². The summed E-state index contributed by atoms with van der Waals surface area (Å²) in [6.45, 7) is 8.41. The zero-order chi connectivity index (χ0) is 14.7. The van der Waals surface area contributed by atoms with Gasteiger partial charge in [-0.2, -0.15) is 0 Å². The van der Waals surface area contributed by atoms with Gasteiger partial charge in [-0.25, -0.2) is 9.97 Å². The molecule has 0 radical (unpaired) electrons. The molecule has 110 valence electrons. The van der Waals surface area contributed by atoms with E-state index in [0.29, 0.717) is 30.0 Å². The first-order chi connectivity index (χ1) is 9.52. The Hall–Kier alpha value is -1.92. The van der Waals surface area contributed by atoms with Crippen LogP contribution < -0.4 is 10.2 Å². The van der Waals surface area contributed by atoms with Crippen molar-refractivity contribution in [3.8, 4) is 0 Å². The minimum Gasteiger partial charge on any atom is -0.364 e. The summed E-state index contributed by atoms with van der Waals surface area (Å²) in [7, 11) is 0. The summed E-state index contributed by atoms with van der Waals surface area (Å²) in [6, 6.07) is 0. The monoisotopic (exact) mass is 279 g/mol. The molecule has 1 saturated heterocycles. The molecule has 0 aliphatic carbocycles. The van der Waals surface area contributed by atoms with Crippen molar-refractivity contribution >= 4 is 17.3 Å². The van der Waals surface area contributed by atoms with Gasteiger partial charge in [-0.15, -0.1) is 0 Å². The van der Waals surface area contributed by atoms with E-state index >= 15 is 0 Å². The number of rotatable bonds is 4. The van der Waals surface area contributed by atoms with Gasteiger partial charge in [-0.3, -0.25) is 10.1 Å². The van der Waals surface area contributed by atoms with Gasteiger partial charge in [0.2, 0.25) is 11.6 Å². The first-order valence-electron chi connectivity index (χ1n) is 7.01. The standard InChI is InChI=1S/C13H21N5O2/c1-4-14-12-11(18(19)20)13(16-8-15-12)17-6-9(2)5-10(3)7-17/h8-10H,4-7H2,1-3H3,(H,14,15,16). The fourth-order valence-corrected chi connectivity index (χ4v) is 2.90. The van der Waals surface area contributed by atoms with Crippen LogP contribution in [0, 0.1) is 22.0 Å². The van der Waals surface area contributed by atoms with Crippen molar-refractivity contribution in [2.24, 2.45) is 11.8 Å². The maximum atomic E-state index is 11.4. The fraction of sp³-hybridized carbons (Fsp3) is 0.692. The maximum absolute atomic E-state index is 11.4. The molecule has 2 heterocycles. The molecule has 1 N–H and O–H groups in total. The van der Waals surface area contributed by atoms with Crippen LogP contribution in [-0.4, -0.2) is 34.5 Å². The van der Waals surface area contributed by atoms with E-state index in [1.165, 1.54) is 6.33 Å². The van der Waals surface area contributed by atoms with E-state index in [4.69, 9.17) is 0 Å². The van der Waals surface area contributed by atoms with Crippen molar-refractivity contribution in [1.29, 1.82) is 0 Å². The van der Waals surface area contributed by atoms with Crippen LogP contribution in [0.5, 0.6) is 0 Å². The Morgan fingerprint density at radius 1 is 1.40 bits per heavy atom. The first kappa shape index (κ1) is 14.5. The van der Waals surface area contributed by atoms with Crippen LogP contribution in [0.3, 0.4) is 0 Å². The van der Waals surface area contributed by atoms with Gasteiger partial charge in [0.15, 0.2) is 0 Å². The topological polar surface area (TPSA) is 84.2 Å². The molecule has 1 fully saturated rings. The van der Waals surface area contributed by atoms with Crippen molar-refractivity contribution in [3.63, 3.8) is 0 Å². The maximum Gasteiger partial charge on any atom is 0.353 e. The lowest BCUT2D eigenvalue weighted by molar-refractivity contribution is -0.383. The first-order valence-corrected chi connectivity index (χ1v) is 7.01. The second-order valence-corrected chi connectivity index (χ2v) is 5.53. The van der Waals surface area contributed by atoms with Crippen molar-refractivity contribution in [2.45, 2.75) is 27.2 Å². The number of anilines is 2. The Morgan fingerprint density at radius 3 is 2.60 bits per heavy atom. The lowest BCUT2D eigenvalue weighted by Crippen LogP contribution is -2.39. The van der Waals surface area contributed by atoms with Crippen molar-refractivity contribution in [2.75, 3.05) is 29.9 Å². The van der Waals surface area contributed by atoms with Gasteiger partial charge >= 0.3 is 5.69 Å². The summed E-state index contributed by atoms with van der Waals surface area (Å²) in [4.78, 5) is 21.2. The molecule has 0 amide bonds. The number of piperidine rings is 1. The minimum absolute atomic E-state index is 0.0179. The molecule has 0 aromatic carbocycles. The predicted molar refractivity (Wildman–Crippen MR) is 78.0 cm³/mol. The van der Waals surface area contributed by atoms with Crippen LogP contribution in [0.25, 0.3) is 0 Å². The highest BCUT2D eigenvalue weighted by molar-refractivity contribution is 5.70. The van der Waals surface area contributed by atoms with E-state index in [1.54, 1.807) is 0 Å². The van der Waals surface area contributed by atoms with Crippen LogP contribution in [-0.2, 0) is 0 Å².